The molecule has 1 aliphatic rings. The lowest BCUT2D eigenvalue weighted by molar-refractivity contribution is -0.0179. The lowest BCUT2D eigenvalue weighted by Crippen LogP contribution is -2.42. The van der Waals surface area contributed by atoms with Crippen molar-refractivity contribution in [3.8, 4) is 0 Å². The van der Waals surface area contributed by atoms with E-state index in [-0.39, 0.29) is 0 Å². The van der Waals surface area contributed by atoms with E-state index in [1.54, 1.807) is 0 Å². The Morgan fingerprint density at radius 2 is 1.78 bits per heavy atom. The van der Waals surface area contributed by atoms with Gasteiger partial charge in [0.1, 0.15) is 0 Å². The third kappa shape index (κ3) is 6.72. The molecule has 0 aromatic rings. The molecule has 0 aromatic carbocycles. The van der Waals surface area contributed by atoms with E-state index in [0.29, 0.717) is 12.1 Å². The summed E-state index contributed by atoms with van der Waals surface area (Å²) in [6.45, 7) is 7.61. The molecule has 2 unspecified atom stereocenters. The summed E-state index contributed by atoms with van der Waals surface area (Å²) in [7, 11) is 0. The molecule has 1 fully saturated rings. The van der Waals surface area contributed by atoms with Crippen molar-refractivity contribution in [1.29, 1.82) is 0 Å². The molecule has 3 heteroatoms. The Balaban J connectivity index is 2.33. The highest BCUT2D eigenvalue weighted by molar-refractivity contribution is 4.79. The Morgan fingerprint density at radius 3 is 2.50 bits per heavy atom. The second kappa shape index (κ2) is 10.8. The van der Waals surface area contributed by atoms with Crippen LogP contribution in [0.15, 0.2) is 0 Å². The van der Waals surface area contributed by atoms with Gasteiger partial charge in [0.2, 0.25) is 0 Å². The molecule has 2 atom stereocenters. The van der Waals surface area contributed by atoms with E-state index in [1.165, 1.54) is 44.9 Å². The number of ether oxygens (including phenoxy) is 2. The largest absolute Gasteiger partial charge is 0.379 e. The summed E-state index contributed by atoms with van der Waals surface area (Å²) in [6.07, 6.45) is 9.45. The van der Waals surface area contributed by atoms with Gasteiger partial charge in [-0.05, 0) is 32.7 Å². The predicted octanol–water partition coefficient (Wildman–Crippen LogP) is 3.13. The third-order valence-electron chi connectivity index (χ3n) is 3.62. The van der Waals surface area contributed by atoms with Crippen LogP contribution in [0, 0.1) is 0 Å². The molecule has 1 saturated carbocycles. The Labute approximate surface area is 113 Å². The van der Waals surface area contributed by atoms with E-state index >= 15 is 0 Å². The van der Waals surface area contributed by atoms with Crippen LogP contribution in [0.4, 0.5) is 0 Å². The van der Waals surface area contributed by atoms with E-state index in [4.69, 9.17) is 9.47 Å². The van der Waals surface area contributed by atoms with Gasteiger partial charge in [0.15, 0.2) is 0 Å². The highest BCUT2D eigenvalue weighted by Crippen LogP contribution is 2.20. The maximum absolute atomic E-state index is 6.04. The average molecular weight is 257 g/mol. The Hall–Kier alpha value is -0.120. The van der Waals surface area contributed by atoms with E-state index in [1.807, 2.05) is 6.92 Å². The van der Waals surface area contributed by atoms with Crippen molar-refractivity contribution >= 4 is 0 Å². The highest BCUT2D eigenvalue weighted by Gasteiger charge is 2.22. The summed E-state index contributed by atoms with van der Waals surface area (Å²) in [4.78, 5) is 0. The molecule has 0 radical (unpaired) electrons. The number of hydrogen-bond donors (Lipinski definition) is 1. The van der Waals surface area contributed by atoms with Gasteiger partial charge in [-0.15, -0.1) is 0 Å². The minimum atomic E-state index is 0.386. The van der Waals surface area contributed by atoms with E-state index in [9.17, 15) is 0 Å². The zero-order valence-electron chi connectivity index (χ0n) is 12.2. The van der Waals surface area contributed by atoms with E-state index in [0.717, 1.165) is 26.4 Å². The van der Waals surface area contributed by atoms with E-state index in [2.05, 4.69) is 12.2 Å². The summed E-state index contributed by atoms with van der Waals surface area (Å²) >= 11 is 0. The second-order valence-corrected chi connectivity index (χ2v) is 5.16. The van der Waals surface area contributed by atoms with Crippen LogP contribution in [0.2, 0.25) is 0 Å². The van der Waals surface area contributed by atoms with Crippen molar-refractivity contribution in [1.82, 2.24) is 5.32 Å². The van der Waals surface area contributed by atoms with Gasteiger partial charge in [-0.2, -0.15) is 0 Å². The lowest BCUT2D eigenvalue weighted by Gasteiger charge is -2.30. The Kier molecular flexibility index (Phi) is 9.54. The van der Waals surface area contributed by atoms with Crippen LogP contribution in [0.3, 0.4) is 0 Å². The molecular weight excluding hydrogens is 226 g/mol. The summed E-state index contributed by atoms with van der Waals surface area (Å²) < 4.78 is 11.4. The standard InChI is InChI=1S/C15H31NO2/c1-3-11-16-14-9-7-5-6-8-10-15(14)18-13-12-17-4-2/h14-16H,3-13H2,1-2H3. The third-order valence-corrected chi connectivity index (χ3v) is 3.62. The first kappa shape index (κ1) is 15.9. The van der Waals surface area contributed by atoms with Crippen molar-refractivity contribution in [2.24, 2.45) is 0 Å². The molecule has 0 amide bonds. The first-order chi connectivity index (χ1) is 8.88. The molecule has 0 aromatic heterocycles. The molecule has 108 valence electrons. The number of rotatable bonds is 8. The van der Waals surface area contributed by atoms with Crippen molar-refractivity contribution in [3.05, 3.63) is 0 Å². The summed E-state index contributed by atoms with van der Waals surface area (Å²) in [6, 6.07) is 0.548. The molecule has 0 saturated heterocycles. The molecular formula is C15H31NO2. The van der Waals surface area contributed by atoms with Crippen LogP contribution in [0.25, 0.3) is 0 Å². The van der Waals surface area contributed by atoms with Crippen LogP contribution < -0.4 is 5.32 Å². The molecule has 1 rings (SSSR count). The van der Waals surface area contributed by atoms with Crippen LogP contribution in [-0.4, -0.2) is 38.5 Å². The normalized spacial score (nSPS) is 25.7. The fourth-order valence-electron chi connectivity index (χ4n) is 2.62. The zero-order chi connectivity index (χ0) is 13.1. The summed E-state index contributed by atoms with van der Waals surface area (Å²) in [5, 5.41) is 3.66. The molecule has 18 heavy (non-hydrogen) atoms. The van der Waals surface area contributed by atoms with Gasteiger partial charge >= 0.3 is 0 Å². The van der Waals surface area contributed by atoms with Crippen LogP contribution in [-0.2, 0) is 9.47 Å². The predicted molar refractivity (Wildman–Crippen MR) is 76.0 cm³/mol. The molecule has 0 aliphatic heterocycles. The van der Waals surface area contributed by atoms with Crippen LogP contribution in [0.5, 0.6) is 0 Å². The molecule has 3 nitrogen and oxygen atoms in total. The average Bonchev–Trinajstić information content (AvgIpc) is 2.36. The fourth-order valence-corrected chi connectivity index (χ4v) is 2.62. The van der Waals surface area contributed by atoms with Crippen LogP contribution >= 0.6 is 0 Å². The number of nitrogens with one attached hydrogen (secondary N) is 1. The van der Waals surface area contributed by atoms with Crippen molar-refractivity contribution in [3.63, 3.8) is 0 Å². The fraction of sp³-hybridized carbons (Fsp3) is 1.00. The minimum absolute atomic E-state index is 0.386. The first-order valence-electron chi connectivity index (χ1n) is 7.81. The first-order valence-corrected chi connectivity index (χ1v) is 7.81. The maximum Gasteiger partial charge on any atom is 0.0729 e. The highest BCUT2D eigenvalue weighted by atomic mass is 16.5. The molecule has 1 aliphatic carbocycles. The summed E-state index contributed by atoms with van der Waals surface area (Å²) in [5.74, 6) is 0. The monoisotopic (exact) mass is 257 g/mol. The Bertz CT molecular complexity index is 185. The molecule has 1 N–H and O–H groups in total. The molecule has 0 spiro atoms. The minimum Gasteiger partial charge on any atom is -0.379 e. The maximum atomic E-state index is 6.04. The van der Waals surface area contributed by atoms with Gasteiger partial charge in [0.25, 0.3) is 0 Å². The van der Waals surface area contributed by atoms with Crippen LogP contribution in [0.1, 0.15) is 58.8 Å². The molecule has 0 heterocycles. The van der Waals surface area contributed by atoms with Gasteiger partial charge in [-0.25, -0.2) is 0 Å². The van der Waals surface area contributed by atoms with Crippen molar-refractivity contribution < 1.29 is 9.47 Å². The van der Waals surface area contributed by atoms with Gasteiger partial charge in [0.05, 0.1) is 19.3 Å². The summed E-state index contributed by atoms with van der Waals surface area (Å²) in [5.41, 5.74) is 0. The zero-order valence-corrected chi connectivity index (χ0v) is 12.2. The second-order valence-electron chi connectivity index (χ2n) is 5.16. The lowest BCUT2D eigenvalue weighted by atomic mass is 9.94. The van der Waals surface area contributed by atoms with Gasteiger partial charge in [-0.1, -0.05) is 32.6 Å². The van der Waals surface area contributed by atoms with Gasteiger partial charge < -0.3 is 14.8 Å². The van der Waals surface area contributed by atoms with Crippen molar-refractivity contribution in [2.45, 2.75) is 70.9 Å². The SMILES string of the molecule is CCCNC1CCCCCCC1OCCOCC. The topological polar surface area (TPSA) is 30.5 Å². The molecule has 0 bridgehead atoms. The van der Waals surface area contributed by atoms with Gasteiger partial charge in [0, 0.05) is 12.6 Å². The Morgan fingerprint density at radius 1 is 1.00 bits per heavy atom. The van der Waals surface area contributed by atoms with E-state index < -0.39 is 0 Å². The quantitative estimate of drug-likeness (QED) is 0.678. The van der Waals surface area contributed by atoms with Crippen molar-refractivity contribution in [2.75, 3.05) is 26.4 Å². The smallest absolute Gasteiger partial charge is 0.0729 e. The van der Waals surface area contributed by atoms with Gasteiger partial charge in [-0.3, -0.25) is 0 Å². The number of hydrogen-bond acceptors (Lipinski definition) is 3.